The molecule has 1 aliphatic rings. The third kappa shape index (κ3) is 2.74. The number of anilines is 3. The lowest BCUT2D eigenvalue weighted by Crippen LogP contribution is -2.18. The zero-order valence-electron chi connectivity index (χ0n) is 11.1. The van der Waals surface area contributed by atoms with Crippen LogP contribution >= 0.6 is 0 Å². The fourth-order valence-electron chi connectivity index (χ4n) is 2.40. The molecule has 4 nitrogen and oxygen atoms in total. The number of carbonyl (C=O) groups is 1. The molecule has 0 saturated heterocycles. The summed E-state index contributed by atoms with van der Waals surface area (Å²) in [6, 6.07) is 13.9. The normalized spacial score (nSPS) is 13.5. The zero-order chi connectivity index (χ0) is 13.9. The Morgan fingerprint density at radius 3 is 2.90 bits per heavy atom. The van der Waals surface area contributed by atoms with Crippen molar-refractivity contribution in [3.63, 3.8) is 0 Å². The van der Waals surface area contributed by atoms with Gasteiger partial charge in [0.1, 0.15) is 0 Å². The van der Waals surface area contributed by atoms with Gasteiger partial charge in [-0.3, -0.25) is 4.79 Å². The van der Waals surface area contributed by atoms with Gasteiger partial charge in [0.25, 0.3) is 0 Å². The van der Waals surface area contributed by atoms with Gasteiger partial charge in [-0.1, -0.05) is 12.1 Å². The van der Waals surface area contributed by atoms with Crippen LogP contribution in [0.25, 0.3) is 0 Å². The van der Waals surface area contributed by atoms with Gasteiger partial charge in [-0.25, -0.2) is 0 Å². The molecule has 1 aliphatic heterocycles. The molecular formula is C16H17N3O. The number of fused-ring (bicyclic) bond motifs is 1. The molecule has 4 heteroatoms. The van der Waals surface area contributed by atoms with Crippen LogP contribution in [0.2, 0.25) is 0 Å². The van der Waals surface area contributed by atoms with Gasteiger partial charge in [-0.05, 0) is 47.9 Å². The molecule has 0 bridgehead atoms. The highest BCUT2D eigenvalue weighted by Gasteiger charge is 2.14. The molecule has 0 radical (unpaired) electrons. The van der Waals surface area contributed by atoms with Crippen molar-refractivity contribution < 1.29 is 4.79 Å². The summed E-state index contributed by atoms with van der Waals surface area (Å²) in [5.41, 5.74) is 10.9. The van der Waals surface area contributed by atoms with Crippen LogP contribution in [-0.4, -0.2) is 5.91 Å². The molecule has 1 heterocycles. The van der Waals surface area contributed by atoms with Gasteiger partial charge in [0.2, 0.25) is 5.91 Å². The van der Waals surface area contributed by atoms with E-state index in [2.05, 4.69) is 16.7 Å². The highest BCUT2D eigenvalue weighted by molar-refractivity contribution is 5.94. The molecule has 0 atom stereocenters. The van der Waals surface area contributed by atoms with Crippen molar-refractivity contribution in [3.8, 4) is 0 Å². The number of rotatable bonds is 3. The molecule has 3 rings (SSSR count). The Labute approximate surface area is 118 Å². The van der Waals surface area contributed by atoms with Crippen LogP contribution in [0, 0.1) is 0 Å². The van der Waals surface area contributed by atoms with E-state index in [-0.39, 0.29) is 5.91 Å². The lowest BCUT2D eigenvalue weighted by molar-refractivity contribution is -0.116. The Morgan fingerprint density at radius 2 is 2.05 bits per heavy atom. The fraction of sp³-hybridized carbons (Fsp3) is 0.188. The largest absolute Gasteiger partial charge is 0.399 e. The number of benzene rings is 2. The smallest absolute Gasteiger partial charge is 0.224 e. The summed E-state index contributed by atoms with van der Waals surface area (Å²) in [5.74, 6) is 0.0953. The number of nitrogens with one attached hydrogen (secondary N) is 2. The minimum atomic E-state index is 0.0953. The summed E-state index contributed by atoms with van der Waals surface area (Å²) >= 11 is 0. The van der Waals surface area contributed by atoms with E-state index in [1.54, 1.807) is 0 Å². The fourth-order valence-corrected chi connectivity index (χ4v) is 2.40. The minimum absolute atomic E-state index is 0.0953. The lowest BCUT2D eigenvalue weighted by atomic mass is 10.0. The van der Waals surface area contributed by atoms with Crippen molar-refractivity contribution >= 4 is 23.0 Å². The topological polar surface area (TPSA) is 67.1 Å². The van der Waals surface area contributed by atoms with E-state index in [1.807, 2.05) is 36.4 Å². The molecule has 0 saturated carbocycles. The number of nitrogens with two attached hydrogens (primary N) is 1. The highest BCUT2D eigenvalue weighted by Crippen LogP contribution is 2.25. The second-order valence-corrected chi connectivity index (χ2v) is 5.02. The van der Waals surface area contributed by atoms with E-state index < -0.39 is 0 Å². The molecule has 0 unspecified atom stereocenters. The van der Waals surface area contributed by atoms with Crippen LogP contribution < -0.4 is 16.4 Å². The first kappa shape index (κ1) is 12.5. The molecule has 20 heavy (non-hydrogen) atoms. The zero-order valence-corrected chi connectivity index (χ0v) is 11.1. The highest BCUT2D eigenvalue weighted by atomic mass is 16.1. The third-order valence-corrected chi connectivity index (χ3v) is 3.45. The molecule has 2 aromatic carbocycles. The van der Waals surface area contributed by atoms with Crippen LogP contribution in [0.3, 0.4) is 0 Å². The van der Waals surface area contributed by atoms with Gasteiger partial charge in [0.05, 0.1) is 0 Å². The van der Waals surface area contributed by atoms with Gasteiger partial charge in [0, 0.05) is 30.0 Å². The second kappa shape index (κ2) is 5.25. The SMILES string of the molecule is Nc1cccc(CNc2ccc3c(c2)CCC(=O)N3)c1. The summed E-state index contributed by atoms with van der Waals surface area (Å²) in [6.07, 6.45) is 1.36. The molecule has 4 N–H and O–H groups in total. The van der Waals surface area contributed by atoms with Crippen LogP contribution in [0.1, 0.15) is 17.5 Å². The Balaban J connectivity index is 1.71. The number of hydrogen-bond donors (Lipinski definition) is 3. The van der Waals surface area contributed by atoms with Crippen molar-refractivity contribution in [1.29, 1.82) is 0 Å². The third-order valence-electron chi connectivity index (χ3n) is 3.45. The standard InChI is InChI=1S/C16H17N3O/c17-13-3-1-2-11(8-13)10-18-14-5-6-15-12(9-14)4-7-16(20)19-15/h1-3,5-6,8-9,18H,4,7,10,17H2,(H,19,20). The van der Waals surface area contributed by atoms with Gasteiger partial charge in [0.15, 0.2) is 0 Å². The van der Waals surface area contributed by atoms with Gasteiger partial charge >= 0.3 is 0 Å². The monoisotopic (exact) mass is 267 g/mol. The molecular weight excluding hydrogens is 250 g/mol. The Kier molecular flexibility index (Phi) is 3.29. The van der Waals surface area contributed by atoms with E-state index in [9.17, 15) is 4.79 Å². The molecule has 0 aromatic heterocycles. The van der Waals surface area contributed by atoms with E-state index in [0.717, 1.165) is 35.6 Å². The Morgan fingerprint density at radius 1 is 1.15 bits per heavy atom. The number of hydrogen-bond acceptors (Lipinski definition) is 3. The van der Waals surface area contributed by atoms with Crippen LogP contribution in [0.5, 0.6) is 0 Å². The van der Waals surface area contributed by atoms with E-state index in [1.165, 1.54) is 5.56 Å². The van der Waals surface area contributed by atoms with E-state index in [0.29, 0.717) is 6.42 Å². The number of carbonyl (C=O) groups excluding carboxylic acids is 1. The summed E-state index contributed by atoms with van der Waals surface area (Å²) in [5, 5.41) is 6.27. The molecule has 0 aliphatic carbocycles. The summed E-state index contributed by atoms with van der Waals surface area (Å²) in [4.78, 5) is 11.3. The number of nitrogen functional groups attached to an aromatic ring is 1. The molecule has 0 spiro atoms. The molecule has 2 aromatic rings. The maximum atomic E-state index is 11.3. The van der Waals surface area contributed by atoms with Crippen molar-refractivity contribution in [3.05, 3.63) is 53.6 Å². The van der Waals surface area contributed by atoms with Gasteiger partial charge < -0.3 is 16.4 Å². The average Bonchev–Trinajstić information content (AvgIpc) is 2.45. The first-order valence-electron chi connectivity index (χ1n) is 6.72. The Hall–Kier alpha value is -2.49. The molecule has 0 fully saturated rings. The van der Waals surface area contributed by atoms with Gasteiger partial charge in [-0.2, -0.15) is 0 Å². The summed E-state index contributed by atoms with van der Waals surface area (Å²) < 4.78 is 0. The molecule has 102 valence electrons. The van der Waals surface area contributed by atoms with Crippen LogP contribution in [0.15, 0.2) is 42.5 Å². The maximum Gasteiger partial charge on any atom is 0.224 e. The number of aryl methyl sites for hydroxylation is 1. The maximum absolute atomic E-state index is 11.3. The van der Waals surface area contributed by atoms with E-state index in [4.69, 9.17) is 5.73 Å². The predicted molar refractivity (Wildman–Crippen MR) is 81.6 cm³/mol. The quantitative estimate of drug-likeness (QED) is 0.749. The summed E-state index contributed by atoms with van der Waals surface area (Å²) in [6.45, 7) is 0.732. The van der Waals surface area contributed by atoms with Crippen LogP contribution in [-0.2, 0) is 17.8 Å². The summed E-state index contributed by atoms with van der Waals surface area (Å²) in [7, 11) is 0. The first-order valence-corrected chi connectivity index (χ1v) is 6.72. The van der Waals surface area contributed by atoms with Crippen molar-refractivity contribution in [1.82, 2.24) is 0 Å². The average molecular weight is 267 g/mol. The lowest BCUT2D eigenvalue weighted by Gasteiger charge is -2.18. The van der Waals surface area contributed by atoms with Gasteiger partial charge in [-0.15, -0.1) is 0 Å². The Bertz CT molecular complexity index is 652. The van der Waals surface area contributed by atoms with Crippen molar-refractivity contribution in [2.24, 2.45) is 0 Å². The number of amides is 1. The van der Waals surface area contributed by atoms with Crippen LogP contribution in [0.4, 0.5) is 17.1 Å². The molecule has 1 amide bonds. The first-order chi connectivity index (χ1) is 9.70. The van der Waals surface area contributed by atoms with Crippen molar-refractivity contribution in [2.75, 3.05) is 16.4 Å². The second-order valence-electron chi connectivity index (χ2n) is 5.02. The predicted octanol–water partition coefficient (Wildman–Crippen LogP) is 2.77. The van der Waals surface area contributed by atoms with E-state index >= 15 is 0 Å². The minimum Gasteiger partial charge on any atom is -0.399 e. The van der Waals surface area contributed by atoms with Crippen molar-refractivity contribution in [2.45, 2.75) is 19.4 Å².